The summed E-state index contributed by atoms with van der Waals surface area (Å²) in [6.07, 6.45) is 0.183. The molecule has 3 aliphatic rings. The fourth-order valence-corrected chi connectivity index (χ4v) is 6.05. The lowest BCUT2D eigenvalue weighted by atomic mass is 9.84. The fraction of sp³-hybridized carbons (Fsp3) is 0.393. The predicted octanol–water partition coefficient (Wildman–Crippen LogP) is 7.29. The first-order valence-corrected chi connectivity index (χ1v) is 11.7. The molecule has 0 N–H and O–H groups in total. The van der Waals surface area contributed by atoms with Crippen LogP contribution in [0, 0.1) is 11.7 Å². The minimum atomic E-state index is -4.45. The number of hydrogen-bond donors (Lipinski definition) is 0. The van der Waals surface area contributed by atoms with Crippen LogP contribution in [-0.4, -0.2) is 4.98 Å². The largest absolute Gasteiger partial charge is 0.473 e. The second kappa shape index (κ2) is 7.30. The maximum absolute atomic E-state index is 15.1. The van der Waals surface area contributed by atoms with Gasteiger partial charge in [0.2, 0.25) is 5.88 Å². The SMILES string of the molecule is CC1(C)CC(c2ccccc2C(F)(F)F)c2cc(COc3cc4c(cn3)C3CC3C4)c(F)cc21. The molecule has 3 aromatic rings. The average molecular weight is 468 g/mol. The van der Waals surface area contributed by atoms with E-state index in [2.05, 4.69) is 4.98 Å². The predicted molar refractivity (Wildman–Crippen MR) is 120 cm³/mol. The molecule has 0 aliphatic heterocycles. The number of ether oxygens (including phenoxy) is 1. The van der Waals surface area contributed by atoms with Gasteiger partial charge >= 0.3 is 6.18 Å². The highest BCUT2D eigenvalue weighted by Gasteiger charge is 2.45. The zero-order valence-corrected chi connectivity index (χ0v) is 19.0. The van der Waals surface area contributed by atoms with Crippen molar-refractivity contribution in [2.75, 3.05) is 0 Å². The van der Waals surface area contributed by atoms with Crippen molar-refractivity contribution >= 4 is 0 Å². The maximum atomic E-state index is 15.1. The average Bonchev–Trinajstić information content (AvgIpc) is 3.38. The summed E-state index contributed by atoms with van der Waals surface area (Å²) in [6, 6.07) is 10.8. The van der Waals surface area contributed by atoms with Crippen LogP contribution < -0.4 is 4.74 Å². The van der Waals surface area contributed by atoms with Gasteiger partial charge in [-0.3, -0.25) is 0 Å². The van der Waals surface area contributed by atoms with Crippen LogP contribution in [-0.2, 0) is 24.6 Å². The Balaban J connectivity index is 1.32. The number of halogens is 4. The van der Waals surface area contributed by atoms with Crippen LogP contribution in [0.2, 0.25) is 0 Å². The van der Waals surface area contributed by atoms with Crippen molar-refractivity contribution < 1.29 is 22.3 Å². The number of nitrogens with zero attached hydrogens (tertiary/aromatic N) is 1. The number of alkyl halides is 3. The Morgan fingerprint density at radius 1 is 1.06 bits per heavy atom. The molecule has 1 heterocycles. The number of benzene rings is 2. The van der Waals surface area contributed by atoms with Crippen molar-refractivity contribution in [3.63, 3.8) is 0 Å². The van der Waals surface area contributed by atoms with E-state index < -0.39 is 28.9 Å². The van der Waals surface area contributed by atoms with E-state index in [-0.39, 0.29) is 12.2 Å². The van der Waals surface area contributed by atoms with E-state index in [0.717, 1.165) is 29.5 Å². The Morgan fingerprint density at radius 2 is 1.85 bits per heavy atom. The van der Waals surface area contributed by atoms with Crippen LogP contribution >= 0.6 is 0 Å². The van der Waals surface area contributed by atoms with Gasteiger partial charge in [0, 0.05) is 23.7 Å². The molecule has 0 saturated heterocycles. The summed E-state index contributed by atoms with van der Waals surface area (Å²) in [4.78, 5) is 4.40. The third-order valence-electron chi connectivity index (χ3n) is 7.86. The standard InChI is InChI=1S/C28H25F4NO/c1-27(2)12-21(18-5-3-4-6-23(18)28(30,31)32)20-9-17(25(29)11-24(20)27)14-34-26-10-16-7-15-8-19(15)22(16)13-33-26/h3-6,9-11,13,15,19,21H,7-8,12,14H2,1-2H3. The quantitative estimate of drug-likeness (QED) is 0.376. The van der Waals surface area contributed by atoms with Crippen LogP contribution in [0.1, 0.15) is 77.5 Å². The summed E-state index contributed by atoms with van der Waals surface area (Å²) < 4.78 is 62.2. The van der Waals surface area contributed by atoms with E-state index in [1.54, 1.807) is 12.1 Å². The summed E-state index contributed by atoms with van der Waals surface area (Å²) in [5, 5.41) is 0. The second-order valence-electron chi connectivity index (χ2n) is 10.6. The van der Waals surface area contributed by atoms with Crippen molar-refractivity contribution in [2.45, 2.75) is 63.1 Å². The molecule has 3 aliphatic carbocycles. The second-order valence-corrected chi connectivity index (χ2v) is 10.6. The molecule has 1 aromatic heterocycles. The van der Waals surface area contributed by atoms with Crippen LogP contribution in [0.25, 0.3) is 0 Å². The van der Waals surface area contributed by atoms with Gasteiger partial charge < -0.3 is 4.74 Å². The minimum Gasteiger partial charge on any atom is -0.473 e. The number of aromatic nitrogens is 1. The molecule has 3 unspecified atom stereocenters. The summed E-state index contributed by atoms with van der Waals surface area (Å²) in [5.41, 5.74) is 3.54. The highest BCUT2D eigenvalue weighted by molar-refractivity contribution is 5.51. The van der Waals surface area contributed by atoms with E-state index >= 15 is 4.39 Å². The van der Waals surface area contributed by atoms with Gasteiger partial charge in [-0.15, -0.1) is 0 Å². The lowest BCUT2D eigenvalue weighted by Gasteiger charge is -2.21. The van der Waals surface area contributed by atoms with Crippen LogP contribution in [0.15, 0.2) is 48.7 Å². The first kappa shape index (κ1) is 21.6. The van der Waals surface area contributed by atoms with Crippen LogP contribution in [0.5, 0.6) is 5.88 Å². The van der Waals surface area contributed by atoms with E-state index in [1.807, 2.05) is 26.1 Å². The minimum absolute atomic E-state index is 0.0220. The molecule has 0 amide bonds. The lowest BCUT2D eigenvalue weighted by molar-refractivity contribution is -0.138. The number of pyridine rings is 1. The van der Waals surface area contributed by atoms with E-state index in [1.165, 1.54) is 35.7 Å². The number of hydrogen-bond acceptors (Lipinski definition) is 2. The summed E-state index contributed by atoms with van der Waals surface area (Å²) in [5.74, 6) is 0.969. The number of fused-ring (bicyclic) bond motifs is 4. The van der Waals surface area contributed by atoms with Crippen LogP contribution in [0.4, 0.5) is 17.6 Å². The van der Waals surface area contributed by atoms with Gasteiger partial charge in [-0.2, -0.15) is 13.2 Å². The van der Waals surface area contributed by atoms with Crippen molar-refractivity contribution in [2.24, 2.45) is 5.92 Å². The molecule has 1 saturated carbocycles. The first-order valence-electron chi connectivity index (χ1n) is 11.7. The highest BCUT2D eigenvalue weighted by Crippen LogP contribution is 2.56. The molecule has 6 heteroatoms. The Morgan fingerprint density at radius 3 is 2.65 bits per heavy atom. The van der Waals surface area contributed by atoms with Gasteiger partial charge in [0.15, 0.2) is 0 Å². The zero-order chi connectivity index (χ0) is 23.8. The first-order chi connectivity index (χ1) is 16.1. The summed E-state index contributed by atoms with van der Waals surface area (Å²) in [7, 11) is 0. The molecular weight excluding hydrogens is 442 g/mol. The van der Waals surface area contributed by atoms with Crippen molar-refractivity contribution in [3.8, 4) is 5.88 Å². The Kier molecular flexibility index (Phi) is 4.65. The fourth-order valence-electron chi connectivity index (χ4n) is 6.05. The normalized spacial score (nSPS) is 23.9. The Hall–Kier alpha value is -2.89. The molecule has 3 atom stereocenters. The topological polar surface area (TPSA) is 22.1 Å². The molecule has 0 radical (unpaired) electrons. The van der Waals surface area contributed by atoms with Gasteiger partial charge in [-0.1, -0.05) is 32.0 Å². The molecule has 2 aromatic carbocycles. The molecule has 176 valence electrons. The highest BCUT2D eigenvalue weighted by atomic mass is 19.4. The van der Waals surface area contributed by atoms with Crippen molar-refractivity contribution in [3.05, 3.63) is 93.4 Å². The van der Waals surface area contributed by atoms with E-state index in [0.29, 0.717) is 23.8 Å². The zero-order valence-electron chi connectivity index (χ0n) is 19.0. The number of rotatable bonds is 4. The van der Waals surface area contributed by atoms with Gasteiger partial charge in [0.1, 0.15) is 12.4 Å². The molecule has 34 heavy (non-hydrogen) atoms. The van der Waals surface area contributed by atoms with Crippen LogP contribution in [0.3, 0.4) is 0 Å². The maximum Gasteiger partial charge on any atom is 0.416 e. The molecule has 0 bridgehead atoms. The smallest absolute Gasteiger partial charge is 0.416 e. The van der Waals surface area contributed by atoms with Gasteiger partial charge in [0.05, 0.1) is 5.56 Å². The molecule has 6 rings (SSSR count). The summed E-state index contributed by atoms with van der Waals surface area (Å²) in [6.45, 7) is 3.89. The lowest BCUT2D eigenvalue weighted by Crippen LogP contribution is -2.14. The molecule has 2 nitrogen and oxygen atoms in total. The summed E-state index contributed by atoms with van der Waals surface area (Å²) >= 11 is 0. The molecule has 0 spiro atoms. The van der Waals surface area contributed by atoms with Gasteiger partial charge in [0.25, 0.3) is 0 Å². The van der Waals surface area contributed by atoms with Gasteiger partial charge in [-0.05, 0) is 82.5 Å². The molecular formula is C28H25F4NO. The molecule has 1 fully saturated rings. The van der Waals surface area contributed by atoms with Crippen molar-refractivity contribution in [1.29, 1.82) is 0 Å². The van der Waals surface area contributed by atoms with Crippen molar-refractivity contribution in [1.82, 2.24) is 4.98 Å². The Bertz CT molecular complexity index is 1300. The third kappa shape index (κ3) is 3.50. The van der Waals surface area contributed by atoms with E-state index in [4.69, 9.17) is 4.74 Å². The third-order valence-corrected chi connectivity index (χ3v) is 7.86. The monoisotopic (exact) mass is 467 g/mol. The van der Waals surface area contributed by atoms with Gasteiger partial charge in [-0.25, -0.2) is 9.37 Å². The Labute approximate surface area is 196 Å². The van der Waals surface area contributed by atoms with E-state index in [9.17, 15) is 13.2 Å².